The van der Waals surface area contributed by atoms with Crippen molar-refractivity contribution in [1.82, 2.24) is 0 Å². The maximum Gasteiger partial charge on any atom is 0.0167 e. The molecule has 0 atom stereocenters. The van der Waals surface area contributed by atoms with E-state index in [1.165, 1.54) is 29.3 Å². The van der Waals surface area contributed by atoms with E-state index in [2.05, 4.69) is 53.8 Å². The van der Waals surface area contributed by atoms with E-state index in [0.717, 1.165) is 0 Å². The van der Waals surface area contributed by atoms with Crippen LogP contribution in [0.5, 0.6) is 0 Å². The predicted molar refractivity (Wildman–Crippen MR) is 65.0 cm³/mol. The Hall–Kier alpha value is -0.0500. The van der Waals surface area contributed by atoms with Crippen molar-refractivity contribution in [2.75, 3.05) is 0 Å². The minimum atomic E-state index is 0.470. The van der Waals surface area contributed by atoms with E-state index in [4.69, 9.17) is 0 Å². The Bertz CT molecular complexity index is 298. The van der Waals surface area contributed by atoms with Crippen LogP contribution in [0, 0.1) is 3.57 Å². The predicted octanol–water partition coefficient (Wildman–Crippen LogP) is 4.12. The van der Waals surface area contributed by atoms with Crippen LogP contribution in [0.4, 0.5) is 0 Å². The van der Waals surface area contributed by atoms with Crippen LogP contribution in [-0.2, 0) is 5.41 Å². The zero-order valence-electron chi connectivity index (χ0n) is 8.02. The molecule has 0 aromatic heterocycles. The van der Waals surface area contributed by atoms with Crippen LogP contribution in [0.1, 0.15) is 38.2 Å². The molecule has 0 aliphatic heterocycles. The van der Waals surface area contributed by atoms with Gasteiger partial charge < -0.3 is 0 Å². The number of hydrogen-bond acceptors (Lipinski definition) is 0. The molecule has 2 rings (SSSR count). The van der Waals surface area contributed by atoms with Gasteiger partial charge in [-0.25, -0.2) is 0 Å². The molecule has 1 aromatic carbocycles. The Kier molecular flexibility index (Phi) is 2.63. The first kappa shape index (κ1) is 9.50. The average Bonchev–Trinajstić information content (AvgIpc) is 2.54. The van der Waals surface area contributed by atoms with Gasteiger partial charge in [0.1, 0.15) is 0 Å². The summed E-state index contributed by atoms with van der Waals surface area (Å²) in [4.78, 5) is 0. The minimum Gasteiger partial charge on any atom is -0.0619 e. The summed E-state index contributed by atoms with van der Waals surface area (Å²) in [5, 5.41) is 0. The molecule has 0 saturated heterocycles. The van der Waals surface area contributed by atoms with E-state index in [9.17, 15) is 0 Å². The highest BCUT2D eigenvalue weighted by Gasteiger charge is 2.31. The molecule has 0 N–H and O–H groups in total. The van der Waals surface area contributed by atoms with Gasteiger partial charge in [-0.1, -0.05) is 38.0 Å². The Morgan fingerprint density at radius 2 is 1.77 bits per heavy atom. The maximum absolute atomic E-state index is 2.46. The van der Waals surface area contributed by atoms with E-state index in [1.54, 1.807) is 5.56 Å². The summed E-state index contributed by atoms with van der Waals surface area (Å²) < 4.78 is 1.43. The summed E-state index contributed by atoms with van der Waals surface area (Å²) in [5.41, 5.74) is 2.03. The molecule has 0 spiro atoms. The number of rotatable bonds is 1. The zero-order chi connectivity index (χ0) is 9.31. The maximum atomic E-state index is 2.46. The fraction of sp³-hybridized carbons (Fsp3) is 0.500. The standard InChI is InChI=1S/C12H15I/c1-12(8-4-5-9-12)10-6-2-3-7-11(10)13/h2-3,6-7H,4-5,8-9H2,1H3. The smallest absolute Gasteiger partial charge is 0.0167 e. The van der Waals surface area contributed by atoms with Crippen molar-refractivity contribution in [2.24, 2.45) is 0 Å². The van der Waals surface area contributed by atoms with Crippen molar-refractivity contribution in [1.29, 1.82) is 0 Å². The van der Waals surface area contributed by atoms with Crippen LogP contribution in [0.3, 0.4) is 0 Å². The average molecular weight is 286 g/mol. The number of halogens is 1. The third-order valence-corrected chi connectivity index (χ3v) is 4.17. The van der Waals surface area contributed by atoms with E-state index < -0.39 is 0 Å². The summed E-state index contributed by atoms with van der Waals surface area (Å²) in [6.45, 7) is 2.41. The van der Waals surface area contributed by atoms with E-state index in [1.807, 2.05) is 0 Å². The van der Waals surface area contributed by atoms with Crippen LogP contribution in [0.15, 0.2) is 24.3 Å². The molecule has 0 heterocycles. The number of hydrogen-bond donors (Lipinski definition) is 0. The highest BCUT2D eigenvalue weighted by molar-refractivity contribution is 14.1. The van der Waals surface area contributed by atoms with Crippen molar-refractivity contribution >= 4 is 22.6 Å². The van der Waals surface area contributed by atoms with Crippen molar-refractivity contribution in [3.8, 4) is 0 Å². The van der Waals surface area contributed by atoms with Crippen molar-refractivity contribution in [2.45, 2.75) is 38.0 Å². The van der Waals surface area contributed by atoms with E-state index in [-0.39, 0.29) is 0 Å². The topological polar surface area (TPSA) is 0 Å². The molecule has 0 radical (unpaired) electrons. The Balaban J connectivity index is 2.39. The first-order chi connectivity index (χ1) is 6.22. The van der Waals surface area contributed by atoms with Gasteiger partial charge in [-0.2, -0.15) is 0 Å². The molecule has 70 valence electrons. The molecular formula is C12H15I. The van der Waals surface area contributed by atoms with Gasteiger partial charge in [0.2, 0.25) is 0 Å². The minimum absolute atomic E-state index is 0.470. The normalized spacial score (nSPS) is 20.5. The summed E-state index contributed by atoms with van der Waals surface area (Å²) in [7, 11) is 0. The number of benzene rings is 1. The van der Waals surface area contributed by atoms with Crippen LogP contribution in [-0.4, -0.2) is 0 Å². The summed E-state index contributed by atoms with van der Waals surface area (Å²) in [6, 6.07) is 8.82. The molecule has 0 amide bonds. The Morgan fingerprint density at radius 1 is 1.15 bits per heavy atom. The van der Waals surface area contributed by atoms with Gasteiger partial charge in [0.05, 0.1) is 0 Å². The zero-order valence-corrected chi connectivity index (χ0v) is 10.2. The van der Waals surface area contributed by atoms with Crippen molar-refractivity contribution < 1.29 is 0 Å². The quantitative estimate of drug-likeness (QED) is 0.681. The molecule has 1 fully saturated rings. The van der Waals surface area contributed by atoms with Crippen molar-refractivity contribution in [3.63, 3.8) is 0 Å². The second-order valence-corrected chi connectivity index (χ2v) is 5.41. The highest BCUT2D eigenvalue weighted by atomic mass is 127. The summed E-state index contributed by atoms with van der Waals surface area (Å²) >= 11 is 2.46. The molecular weight excluding hydrogens is 271 g/mol. The molecule has 0 unspecified atom stereocenters. The van der Waals surface area contributed by atoms with E-state index >= 15 is 0 Å². The van der Waals surface area contributed by atoms with Crippen LogP contribution in [0.25, 0.3) is 0 Å². The summed E-state index contributed by atoms with van der Waals surface area (Å²) in [5.74, 6) is 0. The second-order valence-electron chi connectivity index (χ2n) is 4.25. The fourth-order valence-corrected chi connectivity index (χ4v) is 3.41. The molecule has 1 saturated carbocycles. The second kappa shape index (κ2) is 3.60. The van der Waals surface area contributed by atoms with Gasteiger partial charge in [0.15, 0.2) is 0 Å². The Morgan fingerprint density at radius 3 is 2.38 bits per heavy atom. The highest BCUT2D eigenvalue weighted by Crippen LogP contribution is 2.41. The molecule has 0 nitrogen and oxygen atoms in total. The van der Waals surface area contributed by atoms with Gasteiger partial charge in [0, 0.05) is 3.57 Å². The first-order valence-electron chi connectivity index (χ1n) is 4.97. The van der Waals surface area contributed by atoms with Gasteiger partial charge in [-0.05, 0) is 52.5 Å². The largest absolute Gasteiger partial charge is 0.0619 e. The lowest BCUT2D eigenvalue weighted by atomic mass is 9.81. The lowest BCUT2D eigenvalue weighted by Crippen LogP contribution is -2.17. The van der Waals surface area contributed by atoms with Gasteiger partial charge in [-0.3, -0.25) is 0 Å². The molecule has 1 aliphatic rings. The third-order valence-electron chi connectivity index (χ3n) is 3.23. The lowest BCUT2D eigenvalue weighted by molar-refractivity contribution is 0.489. The van der Waals surface area contributed by atoms with Gasteiger partial charge in [0.25, 0.3) is 0 Å². The van der Waals surface area contributed by atoms with Gasteiger partial charge in [-0.15, -0.1) is 0 Å². The molecule has 0 bridgehead atoms. The van der Waals surface area contributed by atoms with Crippen LogP contribution >= 0.6 is 22.6 Å². The van der Waals surface area contributed by atoms with E-state index in [0.29, 0.717) is 5.41 Å². The first-order valence-corrected chi connectivity index (χ1v) is 6.05. The lowest BCUT2D eigenvalue weighted by Gasteiger charge is -2.25. The third kappa shape index (κ3) is 1.76. The summed E-state index contributed by atoms with van der Waals surface area (Å²) in [6.07, 6.45) is 5.54. The monoisotopic (exact) mass is 286 g/mol. The van der Waals surface area contributed by atoms with Crippen molar-refractivity contribution in [3.05, 3.63) is 33.4 Å². The SMILES string of the molecule is CC1(c2ccccc2I)CCCC1. The molecule has 1 aromatic rings. The Labute approximate surface area is 93.9 Å². The van der Waals surface area contributed by atoms with Crippen LogP contribution in [0.2, 0.25) is 0 Å². The van der Waals surface area contributed by atoms with Crippen LogP contribution < -0.4 is 0 Å². The molecule has 1 heteroatoms. The fourth-order valence-electron chi connectivity index (χ4n) is 2.38. The molecule has 1 aliphatic carbocycles. The molecule has 13 heavy (non-hydrogen) atoms. The van der Waals surface area contributed by atoms with Gasteiger partial charge >= 0.3 is 0 Å².